The van der Waals surface area contributed by atoms with E-state index in [0.29, 0.717) is 13.1 Å². The summed E-state index contributed by atoms with van der Waals surface area (Å²) in [5.41, 5.74) is 4.06. The van der Waals surface area contributed by atoms with Crippen LogP contribution in [0.4, 0.5) is 0 Å². The van der Waals surface area contributed by atoms with Gasteiger partial charge in [0.05, 0.1) is 31.6 Å². The fourth-order valence-electron chi connectivity index (χ4n) is 4.41. The van der Waals surface area contributed by atoms with Crippen molar-refractivity contribution >= 4 is 0 Å². The number of rotatable bonds is 6. The molecule has 1 aliphatic rings. The van der Waals surface area contributed by atoms with Gasteiger partial charge in [0.15, 0.2) is 0 Å². The summed E-state index contributed by atoms with van der Waals surface area (Å²) in [6, 6.07) is 18.0. The van der Waals surface area contributed by atoms with E-state index < -0.39 is 0 Å². The second-order valence-electron chi connectivity index (χ2n) is 8.20. The van der Waals surface area contributed by atoms with E-state index in [9.17, 15) is 4.79 Å². The summed E-state index contributed by atoms with van der Waals surface area (Å²) in [6.07, 6.45) is 4.53. The van der Waals surface area contributed by atoms with Crippen molar-refractivity contribution in [3.05, 3.63) is 100.0 Å². The quantitative estimate of drug-likeness (QED) is 0.473. The standard InChI is InChI=1S/C25H27N5O2/c1-27-15-13-26-24(27)18-28-14-12-22-23(17-28)29(16-19-6-4-3-5-7-19)30(25(22)31)20-8-10-21(32-2)11-9-20/h3-11,13,15H,12,14,16-18H2,1-2H3. The Balaban J connectivity index is 1.57. The van der Waals surface area contributed by atoms with E-state index in [4.69, 9.17) is 4.74 Å². The van der Waals surface area contributed by atoms with E-state index in [1.54, 1.807) is 7.11 Å². The van der Waals surface area contributed by atoms with Crippen molar-refractivity contribution in [2.24, 2.45) is 7.05 Å². The molecule has 5 rings (SSSR count). The van der Waals surface area contributed by atoms with Crippen LogP contribution in [0.25, 0.3) is 5.69 Å². The number of ether oxygens (including phenoxy) is 1. The van der Waals surface area contributed by atoms with Gasteiger partial charge in [-0.25, -0.2) is 9.67 Å². The molecule has 4 aromatic rings. The van der Waals surface area contributed by atoms with E-state index in [2.05, 4.69) is 31.3 Å². The van der Waals surface area contributed by atoms with E-state index in [1.807, 2.05) is 66.6 Å². The van der Waals surface area contributed by atoms with Gasteiger partial charge in [0.25, 0.3) is 5.56 Å². The van der Waals surface area contributed by atoms with E-state index in [1.165, 1.54) is 0 Å². The lowest BCUT2D eigenvalue weighted by atomic mass is 10.1. The first-order valence-electron chi connectivity index (χ1n) is 10.8. The molecule has 2 aromatic heterocycles. The fraction of sp³-hybridized carbons (Fsp3) is 0.280. The van der Waals surface area contributed by atoms with Crippen LogP contribution in [-0.4, -0.2) is 37.5 Å². The molecule has 0 aliphatic carbocycles. The van der Waals surface area contributed by atoms with Gasteiger partial charge in [0.1, 0.15) is 11.6 Å². The number of fused-ring (bicyclic) bond motifs is 1. The molecule has 0 spiro atoms. The van der Waals surface area contributed by atoms with E-state index >= 15 is 0 Å². The Hall–Kier alpha value is -3.58. The van der Waals surface area contributed by atoms with Gasteiger partial charge in [-0.15, -0.1) is 0 Å². The molecule has 0 unspecified atom stereocenters. The second kappa shape index (κ2) is 8.51. The zero-order valence-electron chi connectivity index (χ0n) is 18.4. The van der Waals surface area contributed by atoms with Gasteiger partial charge in [-0.1, -0.05) is 30.3 Å². The van der Waals surface area contributed by atoms with Gasteiger partial charge in [-0.3, -0.25) is 14.4 Å². The zero-order valence-corrected chi connectivity index (χ0v) is 18.4. The van der Waals surface area contributed by atoms with Crippen molar-refractivity contribution in [2.45, 2.75) is 26.1 Å². The van der Waals surface area contributed by atoms with Crippen LogP contribution < -0.4 is 10.3 Å². The lowest BCUT2D eigenvalue weighted by Gasteiger charge is -2.27. The SMILES string of the molecule is COc1ccc(-n2c(=O)c3c(n2Cc2ccccc2)CN(Cc2nccn2C)CC3)cc1. The number of imidazole rings is 1. The van der Waals surface area contributed by atoms with Crippen LogP contribution in [0, 0.1) is 0 Å². The minimum atomic E-state index is 0.0674. The molecule has 0 saturated carbocycles. The maximum absolute atomic E-state index is 13.5. The summed E-state index contributed by atoms with van der Waals surface area (Å²) in [7, 11) is 3.66. The summed E-state index contributed by atoms with van der Waals surface area (Å²) < 4.78 is 11.3. The molecular formula is C25H27N5O2. The molecule has 32 heavy (non-hydrogen) atoms. The maximum Gasteiger partial charge on any atom is 0.274 e. The Morgan fingerprint density at radius 2 is 1.81 bits per heavy atom. The van der Waals surface area contributed by atoms with Crippen molar-refractivity contribution in [2.75, 3.05) is 13.7 Å². The third-order valence-electron chi connectivity index (χ3n) is 6.18. The van der Waals surface area contributed by atoms with Crippen LogP contribution in [-0.2, 0) is 33.1 Å². The normalized spacial score (nSPS) is 13.8. The molecule has 7 heteroatoms. The van der Waals surface area contributed by atoms with Gasteiger partial charge in [0, 0.05) is 38.1 Å². The third-order valence-corrected chi connectivity index (χ3v) is 6.18. The Bertz CT molecular complexity index is 1270. The topological polar surface area (TPSA) is 57.2 Å². The largest absolute Gasteiger partial charge is 0.497 e. The molecule has 3 heterocycles. The van der Waals surface area contributed by atoms with Crippen molar-refractivity contribution in [3.8, 4) is 11.4 Å². The van der Waals surface area contributed by atoms with Crippen molar-refractivity contribution in [1.29, 1.82) is 0 Å². The Morgan fingerprint density at radius 1 is 1.03 bits per heavy atom. The van der Waals surface area contributed by atoms with Gasteiger partial charge < -0.3 is 9.30 Å². The smallest absolute Gasteiger partial charge is 0.274 e. The van der Waals surface area contributed by atoms with E-state index in [-0.39, 0.29) is 5.56 Å². The molecule has 0 bridgehead atoms. The summed E-state index contributed by atoms with van der Waals surface area (Å²) in [5, 5.41) is 0. The van der Waals surface area contributed by atoms with Gasteiger partial charge in [0.2, 0.25) is 0 Å². The highest BCUT2D eigenvalue weighted by molar-refractivity contribution is 5.39. The van der Waals surface area contributed by atoms with Crippen LogP contribution in [0.1, 0.15) is 22.6 Å². The number of aryl methyl sites for hydroxylation is 1. The zero-order chi connectivity index (χ0) is 22.1. The van der Waals surface area contributed by atoms with Gasteiger partial charge in [-0.2, -0.15) is 0 Å². The predicted molar refractivity (Wildman–Crippen MR) is 123 cm³/mol. The Labute approximate surface area is 187 Å². The lowest BCUT2D eigenvalue weighted by Crippen LogP contribution is -2.33. The van der Waals surface area contributed by atoms with Crippen LogP contribution in [0.2, 0.25) is 0 Å². The number of nitrogens with zero attached hydrogens (tertiary/aromatic N) is 5. The molecular weight excluding hydrogens is 402 g/mol. The van der Waals surface area contributed by atoms with Crippen molar-refractivity contribution < 1.29 is 4.74 Å². The number of benzene rings is 2. The first kappa shape index (κ1) is 20.3. The fourth-order valence-corrected chi connectivity index (χ4v) is 4.41. The minimum Gasteiger partial charge on any atom is -0.497 e. The minimum absolute atomic E-state index is 0.0674. The maximum atomic E-state index is 13.5. The van der Waals surface area contributed by atoms with Gasteiger partial charge >= 0.3 is 0 Å². The van der Waals surface area contributed by atoms with Crippen molar-refractivity contribution in [1.82, 2.24) is 23.8 Å². The number of hydrogen-bond donors (Lipinski definition) is 0. The molecule has 0 N–H and O–H groups in total. The average molecular weight is 430 g/mol. The summed E-state index contributed by atoms with van der Waals surface area (Å²) in [6.45, 7) is 2.95. The van der Waals surface area contributed by atoms with Crippen LogP contribution in [0.15, 0.2) is 71.8 Å². The molecule has 7 nitrogen and oxygen atoms in total. The van der Waals surface area contributed by atoms with Crippen LogP contribution in [0.3, 0.4) is 0 Å². The first-order valence-corrected chi connectivity index (χ1v) is 10.8. The number of aromatic nitrogens is 4. The molecule has 0 atom stereocenters. The molecule has 2 aromatic carbocycles. The molecule has 0 saturated heterocycles. The summed E-state index contributed by atoms with van der Waals surface area (Å²) in [5.74, 6) is 1.80. The summed E-state index contributed by atoms with van der Waals surface area (Å²) >= 11 is 0. The molecule has 1 aliphatic heterocycles. The highest BCUT2D eigenvalue weighted by Crippen LogP contribution is 2.23. The number of hydrogen-bond acceptors (Lipinski definition) is 4. The molecule has 0 amide bonds. The van der Waals surface area contributed by atoms with Crippen LogP contribution in [0.5, 0.6) is 5.75 Å². The molecule has 0 radical (unpaired) electrons. The predicted octanol–water partition coefficient (Wildman–Crippen LogP) is 2.99. The third kappa shape index (κ3) is 3.76. The summed E-state index contributed by atoms with van der Waals surface area (Å²) in [4.78, 5) is 20.4. The molecule has 0 fully saturated rings. The number of methoxy groups -OCH3 is 1. The second-order valence-corrected chi connectivity index (χ2v) is 8.20. The van der Waals surface area contributed by atoms with Crippen molar-refractivity contribution in [3.63, 3.8) is 0 Å². The Kier molecular flexibility index (Phi) is 5.41. The first-order chi connectivity index (χ1) is 15.6. The Morgan fingerprint density at radius 3 is 2.50 bits per heavy atom. The highest BCUT2D eigenvalue weighted by atomic mass is 16.5. The highest BCUT2D eigenvalue weighted by Gasteiger charge is 2.27. The average Bonchev–Trinajstić information content (AvgIpc) is 3.35. The monoisotopic (exact) mass is 429 g/mol. The van der Waals surface area contributed by atoms with Crippen LogP contribution >= 0.6 is 0 Å². The van der Waals surface area contributed by atoms with E-state index in [0.717, 1.165) is 53.6 Å². The lowest BCUT2D eigenvalue weighted by molar-refractivity contribution is 0.228. The van der Waals surface area contributed by atoms with Gasteiger partial charge in [-0.05, 0) is 36.2 Å². The molecule has 164 valence electrons.